The number of aromatic nitrogens is 3. The van der Waals surface area contributed by atoms with E-state index >= 15 is 0 Å². The SMILES string of the molecule is CCC1(CNc2nc(Cl)nnc2Cl)CCCC1. The van der Waals surface area contributed by atoms with E-state index in [0.29, 0.717) is 11.2 Å². The molecule has 1 heterocycles. The zero-order chi connectivity index (χ0) is 12.3. The highest BCUT2D eigenvalue weighted by Gasteiger charge is 2.31. The van der Waals surface area contributed by atoms with Gasteiger partial charge in [-0.25, -0.2) is 0 Å². The highest BCUT2D eigenvalue weighted by Crippen LogP contribution is 2.41. The maximum Gasteiger partial charge on any atom is 0.245 e. The van der Waals surface area contributed by atoms with Crippen molar-refractivity contribution in [2.24, 2.45) is 5.41 Å². The smallest absolute Gasteiger partial charge is 0.245 e. The minimum atomic E-state index is 0.119. The van der Waals surface area contributed by atoms with Crippen LogP contribution in [0.3, 0.4) is 0 Å². The molecule has 0 amide bonds. The van der Waals surface area contributed by atoms with Crippen molar-refractivity contribution < 1.29 is 0 Å². The first-order chi connectivity index (χ1) is 8.15. The minimum Gasteiger partial charge on any atom is -0.367 e. The maximum absolute atomic E-state index is 5.91. The molecule has 0 unspecified atom stereocenters. The molecule has 1 aromatic heterocycles. The fraction of sp³-hybridized carbons (Fsp3) is 0.727. The van der Waals surface area contributed by atoms with Crippen molar-refractivity contribution in [3.8, 4) is 0 Å². The van der Waals surface area contributed by atoms with Gasteiger partial charge in [-0.2, -0.15) is 4.98 Å². The highest BCUT2D eigenvalue weighted by atomic mass is 35.5. The van der Waals surface area contributed by atoms with Gasteiger partial charge in [0, 0.05) is 6.54 Å². The summed E-state index contributed by atoms with van der Waals surface area (Å²) in [6.45, 7) is 3.11. The van der Waals surface area contributed by atoms with Crippen LogP contribution in [0.15, 0.2) is 0 Å². The van der Waals surface area contributed by atoms with Crippen LogP contribution in [0.2, 0.25) is 10.4 Å². The summed E-state index contributed by atoms with van der Waals surface area (Å²) in [7, 11) is 0. The number of anilines is 1. The van der Waals surface area contributed by atoms with Crippen LogP contribution in [0.1, 0.15) is 39.0 Å². The van der Waals surface area contributed by atoms with Gasteiger partial charge in [-0.05, 0) is 36.3 Å². The third kappa shape index (κ3) is 2.99. The molecule has 94 valence electrons. The third-order valence-electron chi connectivity index (χ3n) is 3.66. The molecule has 1 aliphatic rings. The van der Waals surface area contributed by atoms with Gasteiger partial charge in [-0.3, -0.25) is 0 Å². The largest absolute Gasteiger partial charge is 0.367 e. The second-order valence-electron chi connectivity index (χ2n) is 4.63. The second kappa shape index (κ2) is 5.36. The second-order valence-corrected chi connectivity index (χ2v) is 5.33. The van der Waals surface area contributed by atoms with Gasteiger partial charge >= 0.3 is 0 Å². The van der Waals surface area contributed by atoms with E-state index in [1.807, 2.05) is 0 Å². The fourth-order valence-electron chi connectivity index (χ4n) is 2.46. The topological polar surface area (TPSA) is 50.7 Å². The number of halogens is 2. The molecule has 1 aliphatic carbocycles. The summed E-state index contributed by atoms with van der Waals surface area (Å²) in [6.07, 6.45) is 6.32. The predicted octanol–water partition coefficient (Wildman–Crippen LogP) is 3.56. The standard InChI is InChI=1S/C11H16Cl2N4/c1-2-11(5-3-4-6-11)7-14-9-8(12)16-17-10(13)15-9/h2-7H2,1H3,(H,14,15,17). The van der Waals surface area contributed by atoms with Crippen LogP contribution in [0.4, 0.5) is 5.82 Å². The minimum absolute atomic E-state index is 0.119. The predicted molar refractivity (Wildman–Crippen MR) is 69.5 cm³/mol. The number of nitrogens with one attached hydrogen (secondary N) is 1. The number of nitrogens with zero attached hydrogens (tertiary/aromatic N) is 3. The van der Waals surface area contributed by atoms with Crippen LogP contribution in [0.25, 0.3) is 0 Å². The third-order valence-corrected chi connectivity index (χ3v) is 4.08. The molecule has 0 bridgehead atoms. The summed E-state index contributed by atoms with van der Waals surface area (Å²) in [5.74, 6) is 0.534. The molecule has 0 spiro atoms. The molecule has 0 saturated heterocycles. The molecule has 0 radical (unpaired) electrons. The summed E-state index contributed by atoms with van der Waals surface area (Å²) in [4.78, 5) is 4.05. The van der Waals surface area contributed by atoms with Crippen LogP contribution in [0.5, 0.6) is 0 Å². The monoisotopic (exact) mass is 274 g/mol. The molecule has 0 atom stereocenters. The molecular weight excluding hydrogens is 259 g/mol. The molecule has 17 heavy (non-hydrogen) atoms. The van der Waals surface area contributed by atoms with E-state index in [1.54, 1.807) is 0 Å². The summed E-state index contributed by atoms with van der Waals surface area (Å²) in [5.41, 5.74) is 0.376. The van der Waals surface area contributed by atoms with Crippen LogP contribution in [-0.4, -0.2) is 21.7 Å². The Morgan fingerprint density at radius 2 is 1.94 bits per heavy atom. The molecular formula is C11H16Cl2N4. The number of hydrogen-bond acceptors (Lipinski definition) is 4. The molecule has 1 saturated carbocycles. The lowest BCUT2D eigenvalue weighted by Gasteiger charge is -2.27. The van der Waals surface area contributed by atoms with E-state index in [-0.39, 0.29) is 10.4 Å². The molecule has 2 rings (SSSR count). The molecule has 0 aromatic carbocycles. The first kappa shape index (κ1) is 12.8. The van der Waals surface area contributed by atoms with Crippen LogP contribution < -0.4 is 5.32 Å². The average Bonchev–Trinajstić information content (AvgIpc) is 2.80. The average molecular weight is 275 g/mol. The van der Waals surface area contributed by atoms with Crippen molar-refractivity contribution in [3.63, 3.8) is 0 Å². The Hall–Kier alpha value is -0.610. The first-order valence-corrected chi connectivity index (χ1v) is 6.70. The van der Waals surface area contributed by atoms with E-state index in [4.69, 9.17) is 23.2 Å². The lowest BCUT2D eigenvalue weighted by molar-refractivity contribution is 0.306. The Bertz CT molecular complexity index is 391. The molecule has 1 fully saturated rings. The van der Waals surface area contributed by atoms with E-state index in [1.165, 1.54) is 32.1 Å². The zero-order valence-electron chi connectivity index (χ0n) is 9.84. The van der Waals surface area contributed by atoms with Gasteiger partial charge in [0.1, 0.15) is 0 Å². The molecule has 4 nitrogen and oxygen atoms in total. The maximum atomic E-state index is 5.91. The Kier molecular flexibility index (Phi) is 4.05. The van der Waals surface area contributed by atoms with E-state index in [2.05, 4.69) is 27.4 Å². The molecule has 1 N–H and O–H groups in total. The number of rotatable bonds is 4. The zero-order valence-corrected chi connectivity index (χ0v) is 11.4. The van der Waals surface area contributed by atoms with Crippen molar-refractivity contribution in [3.05, 3.63) is 10.4 Å². The van der Waals surface area contributed by atoms with Crippen LogP contribution in [0, 0.1) is 5.41 Å². The van der Waals surface area contributed by atoms with Crippen LogP contribution >= 0.6 is 23.2 Å². The first-order valence-electron chi connectivity index (χ1n) is 5.95. The summed E-state index contributed by atoms with van der Waals surface area (Å²) < 4.78 is 0. The van der Waals surface area contributed by atoms with Crippen molar-refractivity contribution in [2.45, 2.75) is 39.0 Å². The lowest BCUT2D eigenvalue weighted by atomic mass is 9.83. The van der Waals surface area contributed by atoms with Gasteiger partial charge in [-0.15, -0.1) is 10.2 Å². The van der Waals surface area contributed by atoms with Gasteiger partial charge in [0.05, 0.1) is 0 Å². The van der Waals surface area contributed by atoms with E-state index < -0.39 is 0 Å². The number of hydrogen-bond donors (Lipinski definition) is 1. The van der Waals surface area contributed by atoms with Crippen molar-refractivity contribution >= 4 is 29.0 Å². The Labute approximate surface area is 111 Å². The highest BCUT2D eigenvalue weighted by molar-refractivity contribution is 6.32. The summed E-state index contributed by atoms with van der Waals surface area (Å²) >= 11 is 11.6. The fourth-order valence-corrected chi connectivity index (χ4v) is 2.73. The Morgan fingerprint density at radius 1 is 1.24 bits per heavy atom. The summed E-state index contributed by atoms with van der Waals surface area (Å²) in [6, 6.07) is 0. The van der Waals surface area contributed by atoms with Gasteiger partial charge in [0.2, 0.25) is 5.28 Å². The van der Waals surface area contributed by atoms with Crippen molar-refractivity contribution in [1.29, 1.82) is 0 Å². The summed E-state index contributed by atoms with van der Waals surface area (Å²) in [5, 5.41) is 11.0. The van der Waals surface area contributed by atoms with Crippen molar-refractivity contribution in [2.75, 3.05) is 11.9 Å². The van der Waals surface area contributed by atoms with Crippen molar-refractivity contribution in [1.82, 2.24) is 15.2 Å². The van der Waals surface area contributed by atoms with E-state index in [0.717, 1.165) is 6.54 Å². The quantitative estimate of drug-likeness (QED) is 0.912. The lowest BCUT2D eigenvalue weighted by Crippen LogP contribution is -2.26. The Morgan fingerprint density at radius 3 is 2.59 bits per heavy atom. The molecule has 1 aromatic rings. The van der Waals surface area contributed by atoms with Gasteiger partial charge in [-0.1, -0.05) is 31.4 Å². The normalized spacial score (nSPS) is 18.3. The van der Waals surface area contributed by atoms with Gasteiger partial charge < -0.3 is 5.32 Å². The van der Waals surface area contributed by atoms with Crippen LogP contribution in [-0.2, 0) is 0 Å². The Balaban J connectivity index is 2.03. The molecule has 6 heteroatoms. The molecule has 0 aliphatic heterocycles. The van der Waals surface area contributed by atoms with E-state index in [9.17, 15) is 0 Å². The van der Waals surface area contributed by atoms with Gasteiger partial charge in [0.25, 0.3) is 0 Å². The van der Waals surface area contributed by atoms with Gasteiger partial charge in [0.15, 0.2) is 11.0 Å².